The number of benzene rings is 1. The van der Waals surface area contributed by atoms with Crippen molar-refractivity contribution in [3.05, 3.63) is 51.8 Å². The highest BCUT2D eigenvalue weighted by Crippen LogP contribution is 2.23. The van der Waals surface area contributed by atoms with Gasteiger partial charge in [0, 0.05) is 42.2 Å². The minimum atomic E-state index is -0.363. The fourth-order valence-electron chi connectivity index (χ4n) is 1.93. The van der Waals surface area contributed by atoms with E-state index in [4.69, 9.17) is 0 Å². The Balaban J connectivity index is 2.62. The Morgan fingerprint density at radius 3 is 2.82 bits per heavy atom. The van der Waals surface area contributed by atoms with E-state index in [0.717, 1.165) is 23.0 Å². The molecule has 0 unspecified atom stereocenters. The molecule has 0 fully saturated rings. The Bertz CT molecular complexity index is 596. The van der Waals surface area contributed by atoms with Crippen LogP contribution in [-0.4, -0.2) is 9.49 Å². The Morgan fingerprint density at radius 2 is 2.18 bits per heavy atom. The van der Waals surface area contributed by atoms with Crippen molar-refractivity contribution in [1.82, 2.24) is 4.57 Å². The zero-order valence-corrected chi connectivity index (χ0v) is 9.88. The molecular weight excluding hydrogens is 216 g/mol. The van der Waals surface area contributed by atoms with Crippen molar-refractivity contribution in [1.29, 1.82) is 0 Å². The molecule has 17 heavy (non-hydrogen) atoms. The molecular formula is C13H14N2O2. The van der Waals surface area contributed by atoms with E-state index in [0.29, 0.717) is 0 Å². The van der Waals surface area contributed by atoms with E-state index in [9.17, 15) is 10.1 Å². The maximum atomic E-state index is 10.6. The number of rotatable bonds is 3. The van der Waals surface area contributed by atoms with Gasteiger partial charge in [-0.3, -0.25) is 10.1 Å². The van der Waals surface area contributed by atoms with E-state index in [-0.39, 0.29) is 10.6 Å². The van der Waals surface area contributed by atoms with Crippen LogP contribution < -0.4 is 0 Å². The van der Waals surface area contributed by atoms with E-state index >= 15 is 0 Å². The molecule has 2 aromatic rings. The molecule has 4 nitrogen and oxygen atoms in total. The first kappa shape index (κ1) is 11.4. The number of hydrogen-bond donors (Lipinski definition) is 0. The standard InChI is InChI=1S/C13H14N2O2/c1-3-14-9-11(8-10(2)15(16)17)12-6-4-5-7-13(12)14/h4-9H,3H2,1-2H3/b10-8+. The molecule has 0 aliphatic rings. The largest absolute Gasteiger partial charge is 0.347 e. The summed E-state index contributed by atoms with van der Waals surface area (Å²) in [5, 5.41) is 11.7. The van der Waals surface area contributed by atoms with Gasteiger partial charge < -0.3 is 4.57 Å². The summed E-state index contributed by atoms with van der Waals surface area (Å²) in [6.45, 7) is 4.42. The molecule has 1 heterocycles. The van der Waals surface area contributed by atoms with Gasteiger partial charge in [0.25, 0.3) is 0 Å². The van der Waals surface area contributed by atoms with Crippen LogP contribution in [0.2, 0.25) is 0 Å². The van der Waals surface area contributed by atoms with Gasteiger partial charge in [-0.25, -0.2) is 0 Å². The Kier molecular flexibility index (Phi) is 2.95. The van der Waals surface area contributed by atoms with Gasteiger partial charge in [0.1, 0.15) is 0 Å². The van der Waals surface area contributed by atoms with E-state index in [2.05, 4.69) is 11.5 Å². The first-order valence-electron chi connectivity index (χ1n) is 5.54. The van der Waals surface area contributed by atoms with Gasteiger partial charge in [0.05, 0.1) is 4.92 Å². The highest BCUT2D eigenvalue weighted by atomic mass is 16.6. The maximum absolute atomic E-state index is 10.6. The van der Waals surface area contributed by atoms with Gasteiger partial charge in [0.2, 0.25) is 5.70 Å². The number of nitro groups is 1. The molecule has 0 amide bonds. The first-order chi connectivity index (χ1) is 8.13. The molecule has 0 N–H and O–H groups in total. The molecule has 0 aliphatic heterocycles. The zero-order chi connectivity index (χ0) is 12.4. The summed E-state index contributed by atoms with van der Waals surface area (Å²) in [5.74, 6) is 0. The average molecular weight is 230 g/mol. The Hall–Kier alpha value is -2.10. The monoisotopic (exact) mass is 230 g/mol. The lowest BCUT2D eigenvalue weighted by atomic mass is 10.1. The van der Waals surface area contributed by atoms with Gasteiger partial charge >= 0.3 is 0 Å². The molecule has 88 valence electrons. The van der Waals surface area contributed by atoms with Crippen LogP contribution >= 0.6 is 0 Å². The molecule has 4 heteroatoms. The van der Waals surface area contributed by atoms with Gasteiger partial charge in [-0.1, -0.05) is 18.2 Å². The lowest BCUT2D eigenvalue weighted by molar-refractivity contribution is -0.422. The highest BCUT2D eigenvalue weighted by Gasteiger charge is 2.08. The second kappa shape index (κ2) is 4.41. The third kappa shape index (κ3) is 2.06. The second-order valence-electron chi connectivity index (χ2n) is 3.93. The normalized spacial score (nSPS) is 12.0. The smallest absolute Gasteiger partial charge is 0.243 e. The minimum absolute atomic E-state index is 0.156. The summed E-state index contributed by atoms with van der Waals surface area (Å²) in [5.41, 5.74) is 2.16. The van der Waals surface area contributed by atoms with Crippen LogP contribution in [0.1, 0.15) is 19.4 Å². The highest BCUT2D eigenvalue weighted by molar-refractivity contribution is 5.89. The lowest BCUT2D eigenvalue weighted by Crippen LogP contribution is -1.92. The molecule has 0 aliphatic carbocycles. The number of fused-ring (bicyclic) bond motifs is 1. The fourth-order valence-corrected chi connectivity index (χ4v) is 1.93. The minimum Gasteiger partial charge on any atom is -0.347 e. The summed E-state index contributed by atoms with van der Waals surface area (Å²) in [4.78, 5) is 10.3. The van der Waals surface area contributed by atoms with Crippen molar-refractivity contribution in [2.45, 2.75) is 20.4 Å². The predicted octanol–water partition coefficient (Wildman–Crippen LogP) is 3.30. The van der Waals surface area contributed by atoms with Crippen molar-refractivity contribution in [3.8, 4) is 0 Å². The molecule has 2 rings (SSSR count). The second-order valence-corrected chi connectivity index (χ2v) is 3.93. The number of hydrogen-bond acceptors (Lipinski definition) is 2. The van der Waals surface area contributed by atoms with E-state index in [1.165, 1.54) is 6.92 Å². The Labute approximate surface area is 99.3 Å². The van der Waals surface area contributed by atoms with E-state index in [1.807, 2.05) is 30.5 Å². The third-order valence-corrected chi connectivity index (χ3v) is 2.81. The average Bonchev–Trinajstić information content (AvgIpc) is 2.68. The molecule has 0 saturated carbocycles. The predicted molar refractivity (Wildman–Crippen MR) is 68.3 cm³/mol. The summed E-state index contributed by atoms with van der Waals surface area (Å²) in [6, 6.07) is 7.93. The van der Waals surface area contributed by atoms with Gasteiger partial charge in [-0.05, 0) is 13.0 Å². The van der Waals surface area contributed by atoms with Crippen molar-refractivity contribution >= 4 is 17.0 Å². The van der Waals surface area contributed by atoms with Crippen LogP contribution in [0.3, 0.4) is 0 Å². The number of aryl methyl sites for hydroxylation is 1. The molecule has 0 atom stereocenters. The Morgan fingerprint density at radius 1 is 1.47 bits per heavy atom. The van der Waals surface area contributed by atoms with Gasteiger partial charge in [-0.2, -0.15) is 0 Å². The van der Waals surface area contributed by atoms with Crippen LogP contribution in [0.15, 0.2) is 36.2 Å². The molecule has 0 saturated heterocycles. The molecule has 1 aromatic carbocycles. The zero-order valence-electron chi connectivity index (χ0n) is 9.88. The first-order valence-corrected chi connectivity index (χ1v) is 5.54. The maximum Gasteiger partial charge on any atom is 0.243 e. The fraction of sp³-hybridized carbons (Fsp3) is 0.231. The number of para-hydroxylation sites is 1. The summed E-state index contributed by atoms with van der Waals surface area (Å²) >= 11 is 0. The van der Waals surface area contributed by atoms with Crippen LogP contribution in [0.5, 0.6) is 0 Å². The van der Waals surface area contributed by atoms with E-state index < -0.39 is 0 Å². The summed E-state index contributed by atoms with van der Waals surface area (Å²) in [7, 11) is 0. The molecule has 0 radical (unpaired) electrons. The van der Waals surface area contributed by atoms with E-state index in [1.54, 1.807) is 6.08 Å². The molecule has 0 bridgehead atoms. The number of nitrogens with zero attached hydrogens (tertiary/aromatic N) is 2. The van der Waals surface area contributed by atoms with Crippen molar-refractivity contribution < 1.29 is 4.92 Å². The third-order valence-electron chi connectivity index (χ3n) is 2.81. The molecule has 0 spiro atoms. The van der Waals surface area contributed by atoms with Gasteiger partial charge in [0.15, 0.2) is 0 Å². The van der Waals surface area contributed by atoms with Crippen molar-refractivity contribution in [2.75, 3.05) is 0 Å². The molecule has 1 aromatic heterocycles. The lowest BCUT2D eigenvalue weighted by Gasteiger charge is -1.97. The number of allylic oxidation sites excluding steroid dienone is 1. The van der Waals surface area contributed by atoms with Crippen LogP contribution in [0.25, 0.3) is 17.0 Å². The van der Waals surface area contributed by atoms with Crippen LogP contribution in [0.4, 0.5) is 0 Å². The summed E-state index contributed by atoms with van der Waals surface area (Å²) < 4.78 is 2.09. The quantitative estimate of drug-likeness (QED) is 0.600. The van der Waals surface area contributed by atoms with Crippen LogP contribution in [-0.2, 0) is 6.54 Å². The number of aromatic nitrogens is 1. The van der Waals surface area contributed by atoms with Crippen molar-refractivity contribution in [2.24, 2.45) is 0 Å². The topological polar surface area (TPSA) is 48.1 Å². The van der Waals surface area contributed by atoms with Crippen molar-refractivity contribution in [3.63, 3.8) is 0 Å². The SMILES string of the molecule is CCn1cc(/C=C(\C)[N+](=O)[O-])c2ccccc21. The van der Waals surface area contributed by atoms with Gasteiger partial charge in [-0.15, -0.1) is 0 Å². The van der Waals surface area contributed by atoms with Crippen LogP contribution in [0, 0.1) is 10.1 Å². The summed E-state index contributed by atoms with van der Waals surface area (Å²) in [6.07, 6.45) is 3.58.